The number of hydrogen-bond acceptors (Lipinski definition) is 4. The highest BCUT2D eigenvalue weighted by Gasteiger charge is 2.38. The molecule has 3 rings (SSSR count). The minimum atomic E-state index is -4.49. The highest BCUT2D eigenvalue weighted by molar-refractivity contribution is 7.71. The third-order valence-corrected chi connectivity index (χ3v) is 5.30. The number of likely N-dealkylation sites (tertiary alicyclic amines) is 1. The van der Waals surface area contributed by atoms with E-state index in [0.29, 0.717) is 0 Å². The lowest BCUT2D eigenvalue weighted by Crippen LogP contribution is -2.26. The Bertz CT molecular complexity index is 702. The van der Waals surface area contributed by atoms with Crippen LogP contribution in [0.1, 0.15) is 29.6 Å². The number of halogens is 3. The molecule has 0 saturated carbocycles. The molecule has 0 radical (unpaired) electrons. The van der Waals surface area contributed by atoms with Crippen LogP contribution in [-0.4, -0.2) is 25.8 Å². The molecule has 0 N–H and O–H groups in total. The van der Waals surface area contributed by atoms with Crippen molar-refractivity contribution in [3.8, 4) is 0 Å². The molecule has 0 aliphatic carbocycles. The normalized spacial score (nSPS) is 19.9. The number of rotatable bonds is 3. The maximum atomic E-state index is 12.9. The van der Waals surface area contributed by atoms with Crippen molar-refractivity contribution in [3.63, 3.8) is 0 Å². The molecular weight excluding hydrogens is 333 g/mol. The minimum Gasteiger partial charge on any atom is -0.299 e. The summed E-state index contributed by atoms with van der Waals surface area (Å²) in [4.78, 5) is 3.37. The molecular formula is C13H15F3N4S2. The van der Waals surface area contributed by atoms with Gasteiger partial charge in [0, 0.05) is 24.5 Å². The smallest absolute Gasteiger partial charge is 0.299 e. The standard InChI is InChI=1S/C13H15F3N4S2/c1-18-11(13(14,15)16)17-20(12(18)21)8-19-6-2-4-9(19)10-5-3-7-22-10/h3,5,7,9H,2,4,6,8H2,1H3/t9-/m1/s1. The van der Waals surface area contributed by atoms with Gasteiger partial charge in [0.1, 0.15) is 0 Å². The Morgan fingerprint density at radius 3 is 2.82 bits per heavy atom. The van der Waals surface area contributed by atoms with Gasteiger partial charge < -0.3 is 0 Å². The van der Waals surface area contributed by atoms with Gasteiger partial charge in [-0.25, -0.2) is 4.68 Å². The summed E-state index contributed by atoms with van der Waals surface area (Å²) in [6.45, 7) is 1.12. The molecule has 1 atom stereocenters. The van der Waals surface area contributed by atoms with Crippen molar-refractivity contribution < 1.29 is 13.2 Å². The van der Waals surface area contributed by atoms with Gasteiger partial charge in [-0.1, -0.05) is 6.07 Å². The van der Waals surface area contributed by atoms with Gasteiger partial charge in [0.15, 0.2) is 4.77 Å². The van der Waals surface area contributed by atoms with E-state index in [4.69, 9.17) is 12.2 Å². The SMILES string of the molecule is Cn1c(C(F)(F)F)nn(CN2CCC[C@@H]2c2cccs2)c1=S. The second kappa shape index (κ2) is 5.78. The topological polar surface area (TPSA) is 26.0 Å². The van der Waals surface area contributed by atoms with E-state index in [2.05, 4.69) is 16.1 Å². The first-order valence-electron chi connectivity index (χ1n) is 6.86. The second-order valence-electron chi connectivity index (χ2n) is 5.29. The van der Waals surface area contributed by atoms with Crippen molar-refractivity contribution >= 4 is 23.6 Å². The Labute approximate surface area is 134 Å². The van der Waals surface area contributed by atoms with Crippen LogP contribution >= 0.6 is 23.6 Å². The molecule has 120 valence electrons. The van der Waals surface area contributed by atoms with E-state index in [1.807, 2.05) is 11.4 Å². The van der Waals surface area contributed by atoms with Gasteiger partial charge in [0.05, 0.1) is 6.67 Å². The number of alkyl halides is 3. The molecule has 1 saturated heterocycles. The highest BCUT2D eigenvalue weighted by Crippen LogP contribution is 2.35. The maximum Gasteiger partial charge on any atom is 0.451 e. The van der Waals surface area contributed by atoms with Crippen molar-refractivity contribution in [1.82, 2.24) is 19.2 Å². The summed E-state index contributed by atoms with van der Waals surface area (Å²) in [6, 6.07) is 4.29. The van der Waals surface area contributed by atoms with E-state index < -0.39 is 12.0 Å². The third kappa shape index (κ3) is 2.84. The van der Waals surface area contributed by atoms with Crippen LogP contribution in [0, 0.1) is 4.77 Å². The zero-order chi connectivity index (χ0) is 15.9. The molecule has 1 aliphatic rings. The minimum absolute atomic E-state index is 0.0872. The predicted molar refractivity (Wildman–Crippen MR) is 80.0 cm³/mol. The van der Waals surface area contributed by atoms with E-state index in [9.17, 15) is 13.2 Å². The van der Waals surface area contributed by atoms with Crippen molar-refractivity contribution in [1.29, 1.82) is 0 Å². The van der Waals surface area contributed by atoms with E-state index in [0.717, 1.165) is 24.0 Å². The maximum absolute atomic E-state index is 12.9. The van der Waals surface area contributed by atoms with Crippen molar-refractivity contribution in [2.75, 3.05) is 6.54 Å². The summed E-state index contributed by atoms with van der Waals surface area (Å²) < 4.78 is 41.0. The molecule has 3 heterocycles. The summed E-state index contributed by atoms with van der Waals surface area (Å²) >= 11 is 6.76. The molecule has 0 amide bonds. The molecule has 2 aromatic rings. The number of nitrogens with zero attached hydrogens (tertiary/aromatic N) is 4. The summed E-state index contributed by atoms with van der Waals surface area (Å²) in [5.74, 6) is -0.954. The van der Waals surface area contributed by atoms with Gasteiger partial charge in [0.2, 0.25) is 5.82 Å². The van der Waals surface area contributed by atoms with Gasteiger partial charge in [-0.15, -0.1) is 16.4 Å². The quantitative estimate of drug-likeness (QED) is 0.789. The number of thiophene rings is 1. The number of hydrogen-bond donors (Lipinski definition) is 0. The van der Waals surface area contributed by atoms with Crippen molar-refractivity contribution in [2.24, 2.45) is 7.05 Å². The van der Waals surface area contributed by atoms with Crippen LogP contribution in [0.25, 0.3) is 0 Å². The van der Waals surface area contributed by atoms with Crippen LogP contribution < -0.4 is 0 Å². The average Bonchev–Trinajstić information content (AvgIpc) is 3.14. The first-order chi connectivity index (χ1) is 10.4. The van der Waals surface area contributed by atoms with Crippen molar-refractivity contribution in [2.45, 2.75) is 31.7 Å². The first-order valence-corrected chi connectivity index (χ1v) is 8.15. The first kappa shape index (κ1) is 15.7. The van der Waals surface area contributed by atoms with Crippen LogP contribution in [0.2, 0.25) is 0 Å². The monoisotopic (exact) mass is 348 g/mol. The van der Waals surface area contributed by atoms with Gasteiger partial charge >= 0.3 is 6.18 Å². The highest BCUT2D eigenvalue weighted by atomic mass is 32.1. The lowest BCUT2D eigenvalue weighted by atomic mass is 10.2. The van der Waals surface area contributed by atoms with E-state index >= 15 is 0 Å². The van der Waals surface area contributed by atoms with Crippen LogP contribution in [0.3, 0.4) is 0 Å². The van der Waals surface area contributed by atoms with Crippen LogP contribution in [-0.2, 0) is 19.9 Å². The van der Waals surface area contributed by atoms with Crippen molar-refractivity contribution in [3.05, 3.63) is 33.0 Å². The van der Waals surface area contributed by atoms with E-state index in [1.165, 1.54) is 16.6 Å². The van der Waals surface area contributed by atoms with Crippen LogP contribution in [0.5, 0.6) is 0 Å². The lowest BCUT2D eigenvalue weighted by Gasteiger charge is -2.23. The van der Waals surface area contributed by atoms with Gasteiger partial charge in [0.25, 0.3) is 0 Å². The molecule has 0 spiro atoms. The fourth-order valence-corrected chi connectivity index (χ4v) is 3.88. The van der Waals surface area contributed by atoms with Crippen LogP contribution in [0.4, 0.5) is 13.2 Å². The Balaban J connectivity index is 1.86. The molecule has 4 nitrogen and oxygen atoms in total. The zero-order valence-corrected chi connectivity index (χ0v) is 13.5. The lowest BCUT2D eigenvalue weighted by molar-refractivity contribution is -0.147. The molecule has 0 aromatic carbocycles. The second-order valence-corrected chi connectivity index (χ2v) is 6.63. The van der Waals surface area contributed by atoms with Gasteiger partial charge in [-0.2, -0.15) is 13.2 Å². The molecule has 9 heteroatoms. The Morgan fingerprint density at radius 1 is 1.45 bits per heavy atom. The van der Waals surface area contributed by atoms with Crippen LogP contribution in [0.15, 0.2) is 17.5 Å². The number of aromatic nitrogens is 3. The average molecular weight is 348 g/mol. The van der Waals surface area contributed by atoms with Gasteiger partial charge in [-0.3, -0.25) is 9.47 Å². The Kier molecular flexibility index (Phi) is 4.13. The summed E-state index contributed by atoms with van der Waals surface area (Å²) in [7, 11) is 1.30. The van der Waals surface area contributed by atoms with Gasteiger partial charge in [-0.05, 0) is 36.5 Å². The zero-order valence-electron chi connectivity index (χ0n) is 11.9. The summed E-state index contributed by atoms with van der Waals surface area (Å²) in [5.41, 5.74) is 0. The predicted octanol–water partition coefficient (Wildman–Crippen LogP) is 3.83. The fraction of sp³-hybridized carbons (Fsp3) is 0.538. The van der Waals surface area contributed by atoms with E-state index in [1.54, 1.807) is 11.3 Å². The summed E-state index contributed by atoms with van der Waals surface area (Å²) in [5, 5.41) is 5.69. The molecule has 0 bridgehead atoms. The summed E-state index contributed by atoms with van der Waals surface area (Å²) in [6.07, 6.45) is -2.46. The Hall–Kier alpha value is -1.19. The molecule has 2 aromatic heterocycles. The molecule has 0 unspecified atom stereocenters. The molecule has 22 heavy (non-hydrogen) atoms. The Morgan fingerprint density at radius 2 is 2.23 bits per heavy atom. The molecule has 1 fully saturated rings. The fourth-order valence-electron chi connectivity index (χ4n) is 2.80. The van der Waals surface area contributed by atoms with E-state index in [-0.39, 0.29) is 17.5 Å². The molecule has 1 aliphatic heterocycles. The largest absolute Gasteiger partial charge is 0.451 e. The third-order valence-electron chi connectivity index (χ3n) is 3.85.